The van der Waals surface area contributed by atoms with E-state index in [0.717, 1.165) is 44.6 Å². The van der Waals surface area contributed by atoms with Gasteiger partial charge in [0, 0.05) is 24.6 Å². The van der Waals surface area contributed by atoms with Crippen LogP contribution in [0.25, 0.3) is 0 Å². The second kappa shape index (κ2) is 7.46. The summed E-state index contributed by atoms with van der Waals surface area (Å²) in [6, 6.07) is 7.46. The van der Waals surface area contributed by atoms with E-state index in [1.54, 1.807) is 6.07 Å². The standard InChI is InChI=1S/C17H26N2O2/c1-13(2)11-18-17(21)14-7-9-19(10-8-14)12-15-5-3-4-6-16(15)20/h3-6,13-14,20H,7-12H2,1-2H3,(H,18,21). The lowest BCUT2D eigenvalue weighted by molar-refractivity contribution is -0.126. The molecule has 0 atom stereocenters. The van der Waals surface area contributed by atoms with Crippen molar-refractivity contribution in [3.05, 3.63) is 29.8 Å². The normalized spacial score (nSPS) is 17.1. The van der Waals surface area contributed by atoms with Crippen LogP contribution in [0, 0.1) is 11.8 Å². The van der Waals surface area contributed by atoms with Crippen molar-refractivity contribution >= 4 is 5.91 Å². The van der Waals surface area contributed by atoms with Gasteiger partial charge in [-0.05, 0) is 37.9 Å². The molecular formula is C17H26N2O2. The summed E-state index contributed by atoms with van der Waals surface area (Å²) in [5.74, 6) is 1.19. The zero-order chi connectivity index (χ0) is 15.2. The zero-order valence-corrected chi connectivity index (χ0v) is 13.0. The summed E-state index contributed by atoms with van der Waals surface area (Å²) in [4.78, 5) is 14.4. The van der Waals surface area contributed by atoms with Gasteiger partial charge in [0.15, 0.2) is 0 Å². The number of piperidine rings is 1. The Bertz CT molecular complexity index is 466. The van der Waals surface area contributed by atoms with E-state index in [1.807, 2.05) is 18.2 Å². The third kappa shape index (κ3) is 4.74. The highest BCUT2D eigenvalue weighted by Crippen LogP contribution is 2.22. The molecule has 1 aromatic rings. The van der Waals surface area contributed by atoms with Crippen molar-refractivity contribution in [1.29, 1.82) is 0 Å². The van der Waals surface area contributed by atoms with Crippen molar-refractivity contribution in [2.75, 3.05) is 19.6 Å². The van der Waals surface area contributed by atoms with Crippen LogP contribution < -0.4 is 5.32 Å². The second-order valence-electron chi connectivity index (χ2n) is 6.32. The molecule has 0 bridgehead atoms. The Labute approximate surface area is 127 Å². The number of benzene rings is 1. The average molecular weight is 290 g/mol. The van der Waals surface area contributed by atoms with Crippen molar-refractivity contribution in [1.82, 2.24) is 10.2 Å². The number of hydrogen-bond acceptors (Lipinski definition) is 3. The largest absolute Gasteiger partial charge is 0.508 e. The van der Waals surface area contributed by atoms with Gasteiger partial charge >= 0.3 is 0 Å². The molecule has 1 heterocycles. The molecule has 1 aliphatic rings. The van der Waals surface area contributed by atoms with Crippen LogP contribution in [0.15, 0.2) is 24.3 Å². The number of phenols is 1. The number of aromatic hydroxyl groups is 1. The van der Waals surface area contributed by atoms with Gasteiger partial charge in [-0.15, -0.1) is 0 Å². The smallest absolute Gasteiger partial charge is 0.223 e. The van der Waals surface area contributed by atoms with Gasteiger partial charge in [-0.1, -0.05) is 32.0 Å². The fraction of sp³-hybridized carbons (Fsp3) is 0.588. The molecule has 0 unspecified atom stereocenters. The molecule has 0 saturated carbocycles. The second-order valence-corrected chi connectivity index (χ2v) is 6.32. The Morgan fingerprint density at radius 3 is 2.62 bits per heavy atom. The first-order valence-electron chi connectivity index (χ1n) is 7.83. The molecule has 1 aliphatic heterocycles. The van der Waals surface area contributed by atoms with Crippen LogP contribution in [0.5, 0.6) is 5.75 Å². The highest BCUT2D eigenvalue weighted by atomic mass is 16.3. The molecule has 2 rings (SSSR count). The Kier molecular flexibility index (Phi) is 5.62. The van der Waals surface area contributed by atoms with E-state index in [1.165, 1.54) is 0 Å². The highest BCUT2D eigenvalue weighted by molar-refractivity contribution is 5.78. The van der Waals surface area contributed by atoms with Gasteiger partial charge in [-0.2, -0.15) is 0 Å². The van der Waals surface area contributed by atoms with Crippen LogP contribution in [0.3, 0.4) is 0 Å². The number of para-hydroxylation sites is 1. The van der Waals surface area contributed by atoms with Crippen LogP contribution in [-0.4, -0.2) is 35.5 Å². The van der Waals surface area contributed by atoms with Crippen molar-refractivity contribution in [3.8, 4) is 5.75 Å². The lowest BCUT2D eigenvalue weighted by atomic mass is 9.95. The van der Waals surface area contributed by atoms with E-state index < -0.39 is 0 Å². The fourth-order valence-electron chi connectivity index (χ4n) is 2.69. The minimum atomic E-state index is 0.143. The average Bonchev–Trinajstić information content (AvgIpc) is 2.48. The third-order valence-electron chi connectivity index (χ3n) is 4.03. The first-order chi connectivity index (χ1) is 10.1. The SMILES string of the molecule is CC(C)CNC(=O)C1CCN(Cc2ccccc2O)CC1. The van der Waals surface area contributed by atoms with Crippen LogP contribution >= 0.6 is 0 Å². The highest BCUT2D eigenvalue weighted by Gasteiger charge is 2.25. The maximum Gasteiger partial charge on any atom is 0.223 e. The van der Waals surface area contributed by atoms with Crippen LogP contribution in [0.4, 0.5) is 0 Å². The lowest BCUT2D eigenvalue weighted by Gasteiger charge is -2.31. The monoisotopic (exact) mass is 290 g/mol. The third-order valence-corrected chi connectivity index (χ3v) is 4.03. The summed E-state index contributed by atoms with van der Waals surface area (Å²) >= 11 is 0. The number of nitrogens with one attached hydrogen (secondary N) is 1. The molecule has 1 aromatic carbocycles. The molecule has 1 saturated heterocycles. The molecule has 0 aliphatic carbocycles. The maximum atomic E-state index is 12.1. The van der Waals surface area contributed by atoms with E-state index in [9.17, 15) is 9.90 Å². The number of carbonyl (C=O) groups excluding carboxylic acids is 1. The van der Waals surface area contributed by atoms with Crippen molar-refractivity contribution in [2.24, 2.45) is 11.8 Å². The molecule has 0 spiro atoms. The van der Waals surface area contributed by atoms with Gasteiger partial charge in [0.25, 0.3) is 0 Å². The summed E-state index contributed by atoms with van der Waals surface area (Å²) in [5, 5.41) is 12.8. The van der Waals surface area contributed by atoms with Gasteiger partial charge in [-0.25, -0.2) is 0 Å². The first-order valence-corrected chi connectivity index (χ1v) is 7.83. The van der Waals surface area contributed by atoms with E-state index in [-0.39, 0.29) is 11.8 Å². The Balaban J connectivity index is 1.78. The molecule has 0 aromatic heterocycles. The Morgan fingerprint density at radius 1 is 1.33 bits per heavy atom. The number of nitrogens with zero attached hydrogens (tertiary/aromatic N) is 1. The van der Waals surface area contributed by atoms with E-state index >= 15 is 0 Å². The molecule has 4 nitrogen and oxygen atoms in total. The topological polar surface area (TPSA) is 52.6 Å². The van der Waals surface area contributed by atoms with Gasteiger partial charge in [0.05, 0.1) is 0 Å². The summed E-state index contributed by atoms with van der Waals surface area (Å²) in [5.41, 5.74) is 0.959. The van der Waals surface area contributed by atoms with E-state index in [0.29, 0.717) is 11.7 Å². The predicted octanol–water partition coefficient (Wildman–Crippen LogP) is 2.38. The van der Waals surface area contributed by atoms with Crippen LogP contribution in [0.2, 0.25) is 0 Å². The molecule has 4 heteroatoms. The van der Waals surface area contributed by atoms with Crippen LogP contribution in [-0.2, 0) is 11.3 Å². The maximum absolute atomic E-state index is 12.1. The minimum absolute atomic E-state index is 0.143. The molecule has 1 fully saturated rings. The minimum Gasteiger partial charge on any atom is -0.508 e. The zero-order valence-electron chi connectivity index (χ0n) is 13.0. The number of carbonyl (C=O) groups is 1. The van der Waals surface area contributed by atoms with Crippen molar-refractivity contribution < 1.29 is 9.90 Å². The number of hydrogen-bond donors (Lipinski definition) is 2. The molecule has 116 valence electrons. The number of rotatable bonds is 5. The molecule has 0 radical (unpaired) electrons. The first kappa shape index (κ1) is 15.8. The van der Waals surface area contributed by atoms with Crippen molar-refractivity contribution in [2.45, 2.75) is 33.2 Å². The van der Waals surface area contributed by atoms with E-state index in [4.69, 9.17) is 0 Å². The Hall–Kier alpha value is -1.55. The fourth-order valence-corrected chi connectivity index (χ4v) is 2.69. The van der Waals surface area contributed by atoms with Crippen molar-refractivity contribution in [3.63, 3.8) is 0 Å². The van der Waals surface area contributed by atoms with Gasteiger partial charge in [0.2, 0.25) is 5.91 Å². The predicted molar refractivity (Wildman–Crippen MR) is 84.0 cm³/mol. The molecule has 21 heavy (non-hydrogen) atoms. The van der Waals surface area contributed by atoms with Gasteiger partial charge in [0.1, 0.15) is 5.75 Å². The Morgan fingerprint density at radius 2 is 2.00 bits per heavy atom. The quantitative estimate of drug-likeness (QED) is 0.875. The van der Waals surface area contributed by atoms with Gasteiger partial charge < -0.3 is 10.4 Å². The molecule has 2 N–H and O–H groups in total. The summed E-state index contributed by atoms with van der Waals surface area (Å²) in [7, 11) is 0. The number of phenolic OH excluding ortho intramolecular Hbond substituents is 1. The van der Waals surface area contributed by atoms with Gasteiger partial charge in [-0.3, -0.25) is 9.69 Å². The number of amides is 1. The summed E-state index contributed by atoms with van der Waals surface area (Å²) < 4.78 is 0. The molecule has 1 amide bonds. The lowest BCUT2D eigenvalue weighted by Crippen LogP contribution is -2.41. The molecular weight excluding hydrogens is 264 g/mol. The summed E-state index contributed by atoms with van der Waals surface area (Å²) in [6.45, 7) is 7.55. The number of likely N-dealkylation sites (tertiary alicyclic amines) is 1. The van der Waals surface area contributed by atoms with Crippen LogP contribution in [0.1, 0.15) is 32.3 Å². The van der Waals surface area contributed by atoms with E-state index in [2.05, 4.69) is 24.1 Å². The summed E-state index contributed by atoms with van der Waals surface area (Å²) in [6.07, 6.45) is 1.80.